The maximum atomic E-state index is 13.0. The number of hydrogen-bond donors (Lipinski definition) is 2. The van der Waals surface area contributed by atoms with Gasteiger partial charge in [-0.25, -0.2) is 0 Å². The van der Waals surface area contributed by atoms with Crippen molar-refractivity contribution in [2.24, 2.45) is 0 Å². The lowest BCUT2D eigenvalue weighted by Gasteiger charge is -2.30. The lowest BCUT2D eigenvalue weighted by molar-refractivity contribution is -0.123. The molecule has 0 saturated heterocycles. The van der Waals surface area contributed by atoms with Crippen LogP contribution in [0.25, 0.3) is 6.08 Å². The number of aromatic nitrogens is 1. The Morgan fingerprint density at radius 2 is 2.07 bits per heavy atom. The van der Waals surface area contributed by atoms with Gasteiger partial charge < -0.3 is 15.8 Å². The van der Waals surface area contributed by atoms with Crippen LogP contribution >= 0.6 is 0 Å². The van der Waals surface area contributed by atoms with Gasteiger partial charge in [-0.1, -0.05) is 6.92 Å². The number of pyridine rings is 1. The highest BCUT2D eigenvalue weighted by Gasteiger charge is 2.32. The smallest absolute Gasteiger partial charge is 0.294 e. The van der Waals surface area contributed by atoms with E-state index >= 15 is 0 Å². The van der Waals surface area contributed by atoms with E-state index in [1.165, 1.54) is 4.90 Å². The molecule has 1 aromatic heterocycles. The highest BCUT2D eigenvalue weighted by atomic mass is 16.5. The Hall–Kier alpha value is -3.35. The Balaban J connectivity index is 1.94. The summed E-state index contributed by atoms with van der Waals surface area (Å²) in [5, 5.41) is 2.88. The quantitative estimate of drug-likeness (QED) is 0.625. The van der Waals surface area contributed by atoms with Gasteiger partial charge in [0.2, 0.25) is 5.91 Å². The van der Waals surface area contributed by atoms with Crippen LogP contribution in [0.15, 0.2) is 48.5 Å². The summed E-state index contributed by atoms with van der Waals surface area (Å²) in [6, 6.07) is 8.56. The predicted molar refractivity (Wildman–Crippen MR) is 104 cm³/mol. The maximum absolute atomic E-state index is 13.0. The molecule has 1 unspecified atom stereocenters. The van der Waals surface area contributed by atoms with E-state index in [-0.39, 0.29) is 30.2 Å². The molecule has 7 nitrogen and oxygen atoms in total. The average Bonchev–Trinajstić information content (AvgIpc) is 2.65. The van der Waals surface area contributed by atoms with Crippen LogP contribution in [0.4, 0.5) is 11.4 Å². The zero-order valence-corrected chi connectivity index (χ0v) is 15.3. The van der Waals surface area contributed by atoms with Crippen LogP contribution in [0, 0.1) is 0 Å². The molecular formula is C20H22N4O3. The third kappa shape index (κ3) is 4.25. The molecule has 7 heteroatoms. The molecule has 140 valence electrons. The van der Waals surface area contributed by atoms with Gasteiger partial charge in [-0.15, -0.1) is 0 Å². The van der Waals surface area contributed by atoms with Gasteiger partial charge in [0.25, 0.3) is 5.91 Å². The Kier molecular flexibility index (Phi) is 5.40. The molecule has 2 aromatic rings. The molecule has 0 aliphatic carbocycles. The summed E-state index contributed by atoms with van der Waals surface area (Å²) in [5.41, 5.74) is 7.65. The second-order valence-electron chi connectivity index (χ2n) is 6.39. The molecule has 0 spiro atoms. The Morgan fingerprint density at radius 1 is 1.33 bits per heavy atom. The number of ether oxygens (including phenoxy) is 1. The summed E-state index contributed by atoms with van der Waals surface area (Å²) >= 11 is 0. The summed E-state index contributed by atoms with van der Waals surface area (Å²) in [6.07, 6.45) is 5.69. The fourth-order valence-electron chi connectivity index (χ4n) is 2.67. The number of rotatable bonds is 5. The topological polar surface area (TPSA) is 97.5 Å². The minimum atomic E-state index is -0.386. The van der Waals surface area contributed by atoms with Crippen LogP contribution in [0.1, 0.15) is 25.8 Å². The van der Waals surface area contributed by atoms with Gasteiger partial charge in [0.05, 0.1) is 5.69 Å². The largest absolute Gasteiger partial charge is 0.449 e. The number of nitrogens with two attached hydrogens (primary N) is 1. The molecule has 0 fully saturated rings. The van der Waals surface area contributed by atoms with Gasteiger partial charge in [-0.2, -0.15) is 0 Å². The second-order valence-corrected chi connectivity index (χ2v) is 6.39. The first-order chi connectivity index (χ1) is 13.0. The number of fused-ring (bicyclic) bond motifs is 1. The Morgan fingerprint density at radius 3 is 2.78 bits per heavy atom. The van der Waals surface area contributed by atoms with Gasteiger partial charge in [-0.05, 0) is 49.2 Å². The third-order valence-corrected chi connectivity index (χ3v) is 4.28. The Bertz CT molecular complexity index is 880. The molecule has 3 rings (SSSR count). The number of carbonyl (C=O) groups is 2. The van der Waals surface area contributed by atoms with Crippen LogP contribution in [0.5, 0.6) is 5.75 Å². The zero-order valence-electron chi connectivity index (χ0n) is 15.3. The number of nitrogens with one attached hydrogen (secondary N) is 1. The van der Waals surface area contributed by atoms with Crippen molar-refractivity contribution in [3.05, 3.63) is 54.0 Å². The van der Waals surface area contributed by atoms with Gasteiger partial charge >= 0.3 is 0 Å². The first-order valence-corrected chi connectivity index (χ1v) is 8.78. The normalized spacial score (nSPS) is 15.9. The van der Waals surface area contributed by atoms with Crippen molar-refractivity contribution in [2.45, 2.75) is 26.3 Å². The van der Waals surface area contributed by atoms with E-state index < -0.39 is 0 Å². The fraction of sp³-hybridized carbons (Fsp3) is 0.250. The molecule has 27 heavy (non-hydrogen) atoms. The minimum absolute atomic E-state index is 0.0337. The number of nitrogens with zero attached hydrogens (tertiary/aromatic N) is 2. The van der Waals surface area contributed by atoms with Gasteiger partial charge in [-0.3, -0.25) is 19.5 Å². The lowest BCUT2D eigenvalue weighted by atomic mass is 10.1. The number of hydrogen-bond acceptors (Lipinski definition) is 5. The van der Waals surface area contributed by atoms with Crippen LogP contribution in [-0.2, 0) is 9.59 Å². The molecule has 1 atom stereocenters. The summed E-state index contributed by atoms with van der Waals surface area (Å²) < 4.78 is 5.78. The van der Waals surface area contributed by atoms with Crippen molar-refractivity contribution in [1.82, 2.24) is 10.3 Å². The van der Waals surface area contributed by atoms with Gasteiger partial charge in [0.15, 0.2) is 11.5 Å². The highest BCUT2D eigenvalue weighted by Crippen LogP contribution is 2.37. The lowest BCUT2D eigenvalue weighted by Crippen LogP contribution is -2.46. The number of amides is 2. The molecule has 2 amide bonds. The third-order valence-electron chi connectivity index (χ3n) is 4.28. The standard InChI is InChI=1S/C20H22N4O3/c1-3-13(2)23-19(25)12-24-16-5-4-15(21)11-17(16)27-18(20(24)26)10-14-6-8-22-9-7-14/h4-11,13H,3,12,21H2,1-2H3,(H,23,25)/b18-10+. The first-order valence-electron chi connectivity index (χ1n) is 8.78. The first kappa shape index (κ1) is 18.4. The molecule has 1 aromatic carbocycles. The molecule has 3 N–H and O–H groups in total. The molecule has 0 radical (unpaired) electrons. The second kappa shape index (κ2) is 7.90. The van der Waals surface area contributed by atoms with Crippen LogP contribution in [0.3, 0.4) is 0 Å². The highest BCUT2D eigenvalue weighted by molar-refractivity contribution is 6.12. The van der Waals surface area contributed by atoms with Crippen LogP contribution in [0.2, 0.25) is 0 Å². The van der Waals surface area contributed by atoms with Gasteiger partial charge in [0.1, 0.15) is 6.54 Å². The van der Waals surface area contributed by atoms with E-state index in [1.807, 2.05) is 13.8 Å². The molecule has 2 heterocycles. The average molecular weight is 366 g/mol. The van der Waals surface area contributed by atoms with Crippen LogP contribution in [-0.4, -0.2) is 29.4 Å². The molecular weight excluding hydrogens is 344 g/mol. The Labute approximate surface area is 157 Å². The maximum Gasteiger partial charge on any atom is 0.294 e. The number of anilines is 2. The van der Waals surface area contributed by atoms with E-state index in [2.05, 4.69) is 10.3 Å². The monoisotopic (exact) mass is 366 g/mol. The summed E-state index contributed by atoms with van der Waals surface area (Å²) in [6.45, 7) is 3.80. The van der Waals surface area contributed by atoms with E-state index in [0.717, 1.165) is 12.0 Å². The van der Waals surface area contributed by atoms with E-state index in [1.54, 1.807) is 48.8 Å². The molecule has 0 bridgehead atoms. The molecule has 1 aliphatic heterocycles. The summed E-state index contributed by atoms with van der Waals surface area (Å²) in [7, 11) is 0. The van der Waals surface area contributed by atoms with Crippen molar-refractivity contribution in [3.63, 3.8) is 0 Å². The number of nitrogen functional groups attached to an aromatic ring is 1. The number of carbonyl (C=O) groups excluding carboxylic acids is 2. The van der Waals surface area contributed by atoms with Crippen molar-refractivity contribution in [1.29, 1.82) is 0 Å². The predicted octanol–water partition coefficient (Wildman–Crippen LogP) is 2.34. The zero-order chi connectivity index (χ0) is 19.4. The fourth-order valence-corrected chi connectivity index (χ4v) is 2.67. The minimum Gasteiger partial charge on any atom is -0.449 e. The summed E-state index contributed by atoms with van der Waals surface area (Å²) in [5.74, 6) is -0.0593. The summed E-state index contributed by atoms with van der Waals surface area (Å²) in [4.78, 5) is 30.7. The van der Waals surface area contributed by atoms with E-state index in [0.29, 0.717) is 17.1 Å². The van der Waals surface area contributed by atoms with Gasteiger partial charge in [0, 0.05) is 30.2 Å². The SMILES string of the molecule is CCC(C)NC(=O)CN1C(=O)/C(=C\c2ccncc2)Oc2cc(N)ccc21. The molecule has 1 aliphatic rings. The van der Waals surface area contributed by atoms with Crippen molar-refractivity contribution in [2.75, 3.05) is 17.2 Å². The van der Waals surface area contributed by atoms with E-state index in [9.17, 15) is 9.59 Å². The van der Waals surface area contributed by atoms with E-state index in [4.69, 9.17) is 10.5 Å². The molecule has 0 saturated carbocycles. The van der Waals surface area contributed by atoms with Crippen molar-refractivity contribution >= 4 is 29.3 Å². The van der Waals surface area contributed by atoms with Crippen LogP contribution < -0.4 is 20.7 Å². The van der Waals surface area contributed by atoms with Crippen molar-refractivity contribution < 1.29 is 14.3 Å². The van der Waals surface area contributed by atoms with Crippen molar-refractivity contribution in [3.8, 4) is 5.75 Å². The number of benzene rings is 1.